The van der Waals surface area contributed by atoms with Crippen LogP contribution in [0.5, 0.6) is 0 Å². The molecular weight excluding hydrogens is 364 g/mol. The van der Waals surface area contributed by atoms with Gasteiger partial charge >= 0.3 is 0 Å². The van der Waals surface area contributed by atoms with Crippen LogP contribution in [0.4, 0.5) is 0 Å². The van der Waals surface area contributed by atoms with E-state index in [-0.39, 0.29) is 31.0 Å². The summed E-state index contributed by atoms with van der Waals surface area (Å²) < 4.78 is 24.0. The first-order chi connectivity index (χ1) is 14.2. The van der Waals surface area contributed by atoms with Gasteiger partial charge in [-0.25, -0.2) is 0 Å². The number of methoxy groups -OCH3 is 1. The maximum atomic E-state index is 6.44. The van der Waals surface area contributed by atoms with Crippen LogP contribution in [0.15, 0.2) is 72.3 Å². The molecule has 29 heavy (non-hydrogen) atoms. The number of rotatable bonds is 10. The zero-order valence-electron chi connectivity index (χ0n) is 17.6. The van der Waals surface area contributed by atoms with Gasteiger partial charge in [-0.15, -0.1) is 0 Å². The van der Waals surface area contributed by atoms with Crippen LogP contribution in [0, 0.1) is 5.92 Å². The molecule has 2 aromatic carbocycles. The molecule has 0 radical (unpaired) electrons. The van der Waals surface area contributed by atoms with E-state index in [1.165, 1.54) is 5.57 Å². The molecule has 4 nitrogen and oxygen atoms in total. The molecule has 1 aliphatic rings. The molecule has 0 fully saturated rings. The lowest BCUT2D eigenvalue weighted by Gasteiger charge is -2.40. The van der Waals surface area contributed by atoms with E-state index in [1.54, 1.807) is 7.11 Å². The number of benzene rings is 2. The van der Waals surface area contributed by atoms with E-state index >= 15 is 0 Å². The fraction of sp³-hybridized carbons (Fsp3) is 0.440. The third-order valence-electron chi connectivity index (χ3n) is 5.46. The van der Waals surface area contributed by atoms with Crippen LogP contribution in [-0.2, 0) is 32.2 Å². The minimum atomic E-state index is -0.209. The molecule has 0 N–H and O–H groups in total. The molecule has 2 aromatic rings. The average molecular weight is 397 g/mol. The van der Waals surface area contributed by atoms with Crippen molar-refractivity contribution in [2.45, 2.75) is 51.8 Å². The molecule has 0 saturated carbocycles. The summed E-state index contributed by atoms with van der Waals surface area (Å²) in [5, 5.41) is 0. The summed E-state index contributed by atoms with van der Waals surface area (Å²) in [6, 6.07) is 20.5. The minimum Gasteiger partial charge on any atom is -0.370 e. The Morgan fingerprint density at radius 3 is 1.83 bits per heavy atom. The van der Waals surface area contributed by atoms with Crippen molar-refractivity contribution >= 4 is 0 Å². The van der Waals surface area contributed by atoms with E-state index in [2.05, 4.69) is 44.2 Å². The average Bonchev–Trinajstić information content (AvgIpc) is 2.77. The van der Waals surface area contributed by atoms with E-state index in [1.807, 2.05) is 36.4 Å². The molecule has 0 saturated heterocycles. The Morgan fingerprint density at radius 2 is 1.31 bits per heavy atom. The van der Waals surface area contributed by atoms with E-state index in [4.69, 9.17) is 18.9 Å². The first-order valence-corrected chi connectivity index (χ1v) is 10.3. The minimum absolute atomic E-state index is 0.0966. The second kappa shape index (κ2) is 11.3. The Hall–Kier alpha value is -1.98. The van der Waals surface area contributed by atoms with Crippen molar-refractivity contribution < 1.29 is 18.9 Å². The molecule has 0 aromatic heterocycles. The van der Waals surface area contributed by atoms with Gasteiger partial charge in [-0.3, -0.25) is 0 Å². The third-order valence-corrected chi connectivity index (χ3v) is 5.46. The zero-order valence-corrected chi connectivity index (χ0v) is 17.6. The molecule has 0 unspecified atom stereocenters. The van der Waals surface area contributed by atoms with Crippen LogP contribution in [0.2, 0.25) is 0 Å². The zero-order chi connectivity index (χ0) is 20.5. The van der Waals surface area contributed by atoms with Crippen LogP contribution >= 0.6 is 0 Å². The standard InChI is InChI=1S/C25H32O4/c1-4-22-15-23(29-18-26-3)25(28-17-21-13-9-6-10-14-21)24(19(22)2)27-16-20-11-7-5-8-12-20/h5-15,19,23-25H,4,16-18H2,1-3H3/t19-,23-,24+,25+/m1/s1. The van der Waals surface area contributed by atoms with Crippen LogP contribution in [-0.4, -0.2) is 32.2 Å². The van der Waals surface area contributed by atoms with Crippen LogP contribution in [0.25, 0.3) is 0 Å². The molecule has 156 valence electrons. The lowest BCUT2D eigenvalue weighted by Crippen LogP contribution is -2.49. The van der Waals surface area contributed by atoms with Crippen LogP contribution in [0.3, 0.4) is 0 Å². The normalized spacial score (nSPS) is 24.3. The SMILES string of the molecule is CCC1=C[C@@H](OCOC)[C@H](OCc2ccccc2)[C@@H](OCc2ccccc2)[C@@H]1C. The Morgan fingerprint density at radius 1 is 0.759 bits per heavy atom. The Balaban J connectivity index is 1.79. The monoisotopic (exact) mass is 396 g/mol. The van der Waals surface area contributed by atoms with Crippen molar-refractivity contribution in [3.05, 3.63) is 83.4 Å². The highest BCUT2D eigenvalue weighted by atomic mass is 16.7. The maximum absolute atomic E-state index is 6.44. The van der Waals surface area contributed by atoms with Gasteiger partial charge in [0.2, 0.25) is 0 Å². The Labute approximate surface area is 174 Å². The van der Waals surface area contributed by atoms with E-state index < -0.39 is 0 Å². The highest BCUT2D eigenvalue weighted by molar-refractivity contribution is 5.20. The van der Waals surface area contributed by atoms with Gasteiger partial charge in [-0.05, 0) is 17.5 Å². The molecule has 4 heteroatoms. The van der Waals surface area contributed by atoms with Gasteiger partial charge in [0.25, 0.3) is 0 Å². The lowest BCUT2D eigenvalue weighted by atomic mass is 9.81. The molecule has 3 rings (SSSR count). The summed E-state index contributed by atoms with van der Waals surface area (Å²) in [7, 11) is 1.64. The fourth-order valence-electron chi connectivity index (χ4n) is 3.83. The summed E-state index contributed by atoms with van der Waals surface area (Å²) in [5.74, 6) is 0.256. The summed E-state index contributed by atoms with van der Waals surface area (Å²) in [6.07, 6.45) is 2.65. The predicted octanol–water partition coefficient (Wildman–Crippen LogP) is 5.13. The smallest absolute Gasteiger partial charge is 0.147 e. The summed E-state index contributed by atoms with van der Waals surface area (Å²) in [5.41, 5.74) is 3.63. The fourth-order valence-corrected chi connectivity index (χ4v) is 3.83. The van der Waals surface area contributed by atoms with Gasteiger partial charge in [0, 0.05) is 13.0 Å². The van der Waals surface area contributed by atoms with Gasteiger partial charge < -0.3 is 18.9 Å². The molecule has 0 aliphatic heterocycles. The van der Waals surface area contributed by atoms with Gasteiger partial charge in [0.15, 0.2) is 0 Å². The number of ether oxygens (including phenoxy) is 4. The molecule has 0 spiro atoms. The molecule has 4 atom stereocenters. The van der Waals surface area contributed by atoms with Gasteiger partial charge in [0.05, 0.1) is 19.3 Å². The quantitative estimate of drug-likeness (QED) is 0.412. The molecular formula is C25H32O4. The number of hydrogen-bond acceptors (Lipinski definition) is 4. The van der Waals surface area contributed by atoms with E-state index in [0.717, 1.165) is 17.5 Å². The number of hydrogen-bond donors (Lipinski definition) is 0. The topological polar surface area (TPSA) is 36.9 Å². The summed E-state index contributed by atoms with van der Waals surface area (Å²) in [4.78, 5) is 0. The van der Waals surface area contributed by atoms with Gasteiger partial charge in [0.1, 0.15) is 19.0 Å². The predicted molar refractivity (Wildman–Crippen MR) is 114 cm³/mol. The Bertz CT molecular complexity index is 744. The highest BCUT2D eigenvalue weighted by Gasteiger charge is 2.40. The first-order valence-electron chi connectivity index (χ1n) is 10.3. The van der Waals surface area contributed by atoms with Crippen molar-refractivity contribution in [1.29, 1.82) is 0 Å². The van der Waals surface area contributed by atoms with Crippen molar-refractivity contribution in [2.75, 3.05) is 13.9 Å². The van der Waals surface area contributed by atoms with Crippen molar-refractivity contribution in [1.82, 2.24) is 0 Å². The Kier molecular flexibility index (Phi) is 8.44. The molecule has 1 aliphatic carbocycles. The molecule has 0 amide bonds. The first kappa shape index (κ1) is 21.7. The molecule has 0 bridgehead atoms. The van der Waals surface area contributed by atoms with Gasteiger partial charge in [-0.1, -0.05) is 86.2 Å². The second-order valence-corrected chi connectivity index (χ2v) is 7.44. The van der Waals surface area contributed by atoms with Crippen LogP contribution < -0.4 is 0 Å². The maximum Gasteiger partial charge on any atom is 0.147 e. The van der Waals surface area contributed by atoms with E-state index in [9.17, 15) is 0 Å². The highest BCUT2D eigenvalue weighted by Crippen LogP contribution is 2.34. The molecule has 0 heterocycles. The van der Waals surface area contributed by atoms with E-state index in [0.29, 0.717) is 13.2 Å². The third kappa shape index (κ3) is 6.00. The second-order valence-electron chi connectivity index (χ2n) is 7.44. The van der Waals surface area contributed by atoms with Crippen LogP contribution in [0.1, 0.15) is 31.4 Å². The largest absolute Gasteiger partial charge is 0.370 e. The van der Waals surface area contributed by atoms with Crippen molar-refractivity contribution in [2.24, 2.45) is 5.92 Å². The summed E-state index contributed by atoms with van der Waals surface area (Å²) in [6.45, 7) is 5.69. The van der Waals surface area contributed by atoms with Crippen molar-refractivity contribution in [3.63, 3.8) is 0 Å². The lowest BCUT2D eigenvalue weighted by molar-refractivity contribution is -0.173. The van der Waals surface area contributed by atoms with Gasteiger partial charge in [-0.2, -0.15) is 0 Å². The summed E-state index contributed by atoms with van der Waals surface area (Å²) >= 11 is 0. The van der Waals surface area contributed by atoms with Crippen molar-refractivity contribution in [3.8, 4) is 0 Å².